The Kier molecular flexibility index (Phi) is 6.25. The number of amides is 1. The van der Waals surface area contributed by atoms with Crippen LogP contribution in [0, 0.1) is 17.0 Å². The lowest BCUT2D eigenvalue weighted by Gasteiger charge is -2.06. The summed E-state index contributed by atoms with van der Waals surface area (Å²) in [4.78, 5) is 22.3. The van der Waals surface area contributed by atoms with E-state index in [1.165, 1.54) is 18.3 Å². The summed E-state index contributed by atoms with van der Waals surface area (Å²) in [5.74, 6) is 0.473. The number of aryl methyl sites for hydroxylation is 1. The zero-order valence-electron chi connectivity index (χ0n) is 15.3. The number of hydrogen-bond acceptors (Lipinski definition) is 6. The Labute approximate surface area is 170 Å². The maximum Gasteiger partial charge on any atom is 0.311 e. The zero-order valence-corrected chi connectivity index (χ0v) is 16.1. The molecule has 0 aliphatic heterocycles. The van der Waals surface area contributed by atoms with Gasteiger partial charge in [0.15, 0.2) is 12.4 Å². The molecule has 3 aromatic rings. The van der Waals surface area contributed by atoms with Gasteiger partial charge in [-0.25, -0.2) is 5.43 Å². The number of carbonyl (C=O) groups excluding carboxylic acids is 1. The number of nitrogens with one attached hydrogen (secondary N) is 1. The molecule has 29 heavy (non-hydrogen) atoms. The Balaban J connectivity index is 1.55. The van der Waals surface area contributed by atoms with Gasteiger partial charge in [-0.05, 0) is 42.8 Å². The molecule has 148 valence electrons. The first-order valence-electron chi connectivity index (χ1n) is 8.48. The van der Waals surface area contributed by atoms with Gasteiger partial charge in [0, 0.05) is 16.7 Å². The summed E-state index contributed by atoms with van der Waals surface area (Å²) >= 11 is 5.96. The predicted molar refractivity (Wildman–Crippen MR) is 108 cm³/mol. The molecular formula is C20H16ClN3O5. The van der Waals surface area contributed by atoms with Gasteiger partial charge >= 0.3 is 5.69 Å². The Morgan fingerprint density at radius 3 is 2.86 bits per heavy atom. The maximum absolute atomic E-state index is 11.9. The summed E-state index contributed by atoms with van der Waals surface area (Å²) in [6, 6.07) is 15.1. The molecule has 0 aliphatic carbocycles. The second kappa shape index (κ2) is 9.03. The van der Waals surface area contributed by atoms with E-state index < -0.39 is 17.4 Å². The Hall–Kier alpha value is -3.65. The van der Waals surface area contributed by atoms with Crippen molar-refractivity contribution >= 4 is 29.4 Å². The van der Waals surface area contributed by atoms with Crippen molar-refractivity contribution in [2.45, 2.75) is 6.92 Å². The molecule has 0 saturated carbocycles. The second-order valence-electron chi connectivity index (χ2n) is 6.02. The van der Waals surface area contributed by atoms with Crippen LogP contribution in [0.4, 0.5) is 5.69 Å². The molecule has 0 unspecified atom stereocenters. The van der Waals surface area contributed by atoms with E-state index in [-0.39, 0.29) is 11.4 Å². The average Bonchev–Trinajstić information content (AvgIpc) is 3.16. The van der Waals surface area contributed by atoms with Crippen LogP contribution in [0.2, 0.25) is 5.02 Å². The fourth-order valence-corrected chi connectivity index (χ4v) is 2.65. The third-order valence-electron chi connectivity index (χ3n) is 3.79. The number of halogens is 1. The van der Waals surface area contributed by atoms with Crippen molar-refractivity contribution in [1.29, 1.82) is 0 Å². The van der Waals surface area contributed by atoms with Crippen LogP contribution in [-0.2, 0) is 4.79 Å². The third-order valence-corrected chi connectivity index (χ3v) is 4.02. The molecule has 0 saturated heterocycles. The van der Waals surface area contributed by atoms with Crippen LogP contribution in [0.3, 0.4) is 0 Å². The first-order valence-corrected chi connectivity index (χ1v) is 8.85. The molecule has 0 radical (unpaired) electrons. The molecule has 1 N–H and O–H groups in total. The maximum atomic E-state index is 11.9. The molecule has 1 heterocycles. The quantitative estimate of drug-likeness (QED) is 0.352. The van der Waals surface area contributed by atoms with Crippen LogP contribution in [0.25, 0.3) is 11.3 Å². The van der Waals surface area contributed by atoms with Crippen LogP contribution in [0.5, 0.6) is 5.75 Å². The minimum atomic E-state index is -0.572. The van der Waals surface area contributed by atoms with Gasteiger partial charge in [-0.1, -0.05) is 29.8 Å². The Bertz CT molecular complexity index is 1080. The normalized spacial score (nSPS) is 10.8. The Morgan fingerprint density at radius 2 is 2.10 bits per heavy atom. The van der Waals surface area contributed by atoms with Crippen molar-refractivity contribution in [3.63, 3.8) is 0 Å². The van der Waals surface area contributed by atoms with E-state index in [4.69, 9.17) is 20.8 Å². The van der Waals surface area contributed by atoms with Gasteiger partial charge in [0.05, 0.1) is 11.1 Å². The van der Waals surface area contributed by atoms with Crippen molar-refractivity contribution in [3.05, 3.63) is 81.1 Å². The molecule has 0 aliphatic rings. The van der Waals surface area contributed by atoms with E-state index >= 15 is 0 Å². The number of nitrogens with zero attached hydrogens (tertiary/aromatic N) is 2. The molecule has 3 rings (SSSR count). The van der Waals surface area contributed by atoms with Crippen molar-refractivity contribution in [2.24, 2.45) is 5.10 Å². The van der Waals surface area contributed by atoms with Crippen molar-refractivity contribution in [3.8, 4) is 17.1 Å². The van der Waals surface area contributed by atoms with Gasteiger partial charge in [-0.2, -0.15) is 5.10 Å². The fourth-order valence-electron chi connectivity index (χ4n) is 2.45. The fraction of sp³-hybridized carbons (Fsp3) is 0.100. The molecule has 8 nitrogen and oxygen atoms in total. The van der Waals surface area contributed by atoms with Crippen molar-refractivity contribution in [2.75, 3.05) is 6.61 Å². The number of ether oxygens (including phenoxy) is 1. The summed E-state index contributed by atoms with van der Waals surface area (Å²) in [5, 5.41) is 15.4. The van der Waals surface area contributed by atoms with Gasteiger partial charge in [0.1, 0.15) is 11.5 Å². The number of benzene rings is 2. The van der Waals surface area contributed by atoms with E-state index in [1.807, 2.05) is 12.1 Å². The average molecular weight is 414 g/mol. The SMILES string of the molecule is Cc1ccc(OCC(=O)N/N=C\c2ccc(-c3cccc(Cl)c3)o2)c([N+](=O)[O-])c1. The van der Waals surface area contributed by atoms with Crippen LogP contribution in [-0.4, -0.2) is 23.7 Å². The van der Waals surface area contributed by atoms with E-state index in [2.05, 4.69) is 10.5 Å². The lowest BCUT2D eigenvalue weighted by atomic mass is 10.2. The number of carbonyl (C=O) groups is 1. The van der Waals surface area contributed by atoms with Crippen molar-refractivity contribution in [1.82, 2.24) is 5.43 Å². The number of hydrazone groups is 1. The highest BCUT2D eigenvalue weighted by molar-refractivity contribution is 6.30. The van der Waals surface area contributed by atoms with Crippen LogP contribution >= 0.6 is 11.6 Å². The summed E-state index contributed by atoms with van der Waals surface area (Å²) in [6.07, 6.45) is 1.33. The molecule has 1 aromatic heterocycles. The van der Waals surface area contributed by atoms with Crippen LogP contribution in [0.15, 0.2) is 64.1 Å². The van der Waals surface area contributed by atoms with Gasteiger partial charge in [0.2, 0.25) is 0 Å². The van der Waals surface area contributed by atoms with Gasteiger partial charge in [0.25, 0.3) is 5.91 Å². The zero-order chi connectivity index (χ0) is 20.8. The number of rotatable bonds is 7. The molecule has 9 heteroatoms. The molecule has 0 fully saturated rings. The monoisotopic (exact) mass is 413 g/mol. The summed E-state index contributed by atoms with van der Waals surface area (Å²) in [7, 11) is 0. The molecule has 0 spiro atoms. The van der Waals surface area contributed by atoms with Crippen molar-refractivity contribution < 1.29 is 18.9 Å². The third kappa shape index (κ3) is 5.43. The molecule has 0 bridgehead atoms. The van der Waals surface area contributed by atoms with E-state index in [0.717, 1.165) is 5.56 Å². The number of furan rings is 1. The highest BCUT2D eigenvalue weighted by atomic mass is 35.5. The molecule has 1 amide bonds. The largest absolute Gasteiger partial charge is 0.477 e. The highest BCUT2D eigenvalue weighted by Gasteiger charge is 2.16. The summed E-state index contributed by atoms with van der Waals surface area (Å²) in [5.41, 5.74) is 3.60. The van der Waals surface area contributed by atoms with Gasteiger partial charge < -0.3 is 9.15 Å². The minimum Gasteiger partial charge on any atom is -0.477 e. The van der Waals surface area contributed by atoms with Gasteiger partial charge in [-0.15, -0.1) is 0 Å². The highest BCUT2D eigenvalue weighted by Crippen LogP contribution is 2.27. The van der Waals surface area contributed by atoms with Crippen LogP contribution in [0.1, 0.15) is 11.3 Å². The molecular weight excluding hydrogens is 398 g/mol. The predicted octanol–water partition coefficient (Wildman–Crippen LogP) is 4.35. The molecule has 2 aromatic carbocycles. The summed E-state index contributed by atoms with van der Waals surface area (Å²) in [6.45, 7) is 1.30. The Morgan fingerprint density at radius 1 is 1.28 bits per heavy atom. The number of nitro groups is 1. The smallest absolute Gasteiger partial charge is 0.311 e. The minimum absolute atomic E-state index is 0.0110. The van der Waals surface area contributed by atoms with Crippen LogP contribution < -0.4 is 10.2 Å². The molecule has 0 atom stereocenters. The second-order valence-corrected chi connectivity index (χ2v) is 6.46. The van der Waals surface area contributed by atoms with E-state index in [1.54, 1.807) is 37.3 Å². The number of hydrogen-bond donors (Lipinski definition) is 1. The first-order chi connectivity index (χ1) is 13.9. The topological polar surface area (TPSA) is 107 Å². The standard InChI is InChI=1S/C20H16ClN3O5/c1-13-5-7-19(17(9-13)24(26)27)28-12-20(25)23-22-11-16-6-8-18(29-16)14-3-2-4-15(21)10-14/h2-11H,12H2,1H3,(H,23,25)/b22-11-. The number of nitro benzene ring substituents is 1. The lowest BCUT2D eigenvalue weighted by molar-refractivity contribution is -0.385. The first kappa shape index (κ1) is 20.1. The van der Waals surface area contributed by atoms with E-state index in [0.29, 0.717) is 22.1 Å². The van der Waals surface area contributed by atoms with Gasteiger partial charge in [-0.3, -0.25) is 14.9 Å². The van der Waals surface area contributed by atoms with E-state index in [9.17, 15) is 14.9 Å². The lowest BCUT2D eigenvalue weighted by Crippen LogP contribution is -2.24. The summed E-state index contributed by atoms with van der Waals surface area (Å²) < 4.78 is 10.9.